The Labute approximate surface area is 222 Å². The van der Waals surface area contributed by atoms with Gasteiger partial charge < -0.3 is 10.6 Å². The Bertz CT molecular complexity index is 1370. The van der Waals surface area contributed by atoms with Gasteiger partial charge in [0.25, 0.3) is 5.91 Å². The number of amides is 2. The summed E-state index contributed by atoms with van der Waals surface area (Å²) in [5.41, 5.74) is 3.56. The number of thioether (sulfide) groups is 1. The minimum atomic E-state index is -0.200. The van der Waals surface area contributed by atoms with Gasteiger partial charge in [0.15, 0.2) is 5.82 Å². The summed E-state index contributed by atoms with van der Waals surface area (Å²) in [5, 5.41) is 14.8. The van der Waals surface area contributed by atoms with Crippen LogP contribution in [0.4, 0.5) is 5.00 Å². The SMILES string of the molecule is O=C(CSc1n[nH]c(-c2ccc(Cl)cc2)n1)Nc1sc2c(c1C(=O)NCc1ccccc1)CCCC2. The molecule has 0 spiro atoms. The van der Waals surface area contributed by atoms with E-state index in [2.05, 4.69) is 25.8 Å². The van der Waals surface area contributed by atoms with Crippen LogP contribution in [0.3, 0.4) is 0 Å². The van der Waals surface area contributed by atoms with E-state index in [0.717, 1.165) is 42.4 Å². The third kappa shape index (κ3) is 5.80. The molecule has 10 heteroatoms. The lowest BCUT2D eigenvalue weighted by Gasteiger charge is -2.13. The first-order valence-corrected chi connectivity index (χ1v) is 13.8. The highest BCUT2D eigenvalue weighted by Crippen LogP contribution is 2.38. The molecule has 0 bridgehead atoms. The molecule has 0 aliphatic heterocycles. The highest BCUT2D eigenvalue weighted by molar-refractivity contribution is 7.99. The van der Waals surface area contributed by atoms with Crippen LogP contribution in [0.2, 0.25) is 5.02 Å². The number of aromatic amines is 1. The Morgan fingerprint density at radius 3 is 2.64 bits per heavy atom. The van der Waals surface area contributed by atoms with E-state index in [9.17, 15) is 9.59 Å². The maximum atomic E-state index is 13.2. The minimum absolute atomic E-state index is 0.131. The van der Waals surface area contributed by atoms with E-state index in [1.807, 2.05) is 42.5 Å². The number of H-pyrrole nitrogens is 1. The summed E-state index contributed by atoms with van der Waals surface area (Å²) in [6, 6.07) is 17.1. The Kier molecular flexibility index (Phi) is 7.69. The van der Waals surface area contributed by atoms with Gasteiger partial charge in [0, 0.05) is 22.0 Å². The lowest BCUT2D eigenvalue weighted by Crippen LogP contribution is -2.25. The molecule has 0 saturated heterocycles. The summed E-state index contributed by atoms with van der Waals surface area (Å²) >= 11 is 8.70. The van der Waals surface area contributed by atoms with Crippen LogP contribution in [0.15, 0.2) is 59.8 Å². The Hall–Kier alpha value is -3.14. The van der Waals surface area contributed by atoms with Crippen LogP contribution in [-0.2, 0) is 24.2 Å². The van der Waals surface area contributed by atoms with E-state index >= 15 is 0 Å². The fraction of sp³-hybridized carbons (Fsp3) is 0.231. The van der Waals surface area contributed by atoms with Gasteiger partial charge >= 0.3 is 0 Å². The van der Waals surface area contributed by atoms with Crippen molar-refractivity contribution in [2.75, 3.05) is 11.1 Å². The molecule has 2 aromatic carbocycles. The maximum Gasteiger partial charge on any atom is 0.254 e. The summed E-state index contributed by atoms with van der Waals surface area (Å²) in [5.74, 6) is 0.389. The summed E-state index contributed by atoms with van der Waals surface area (Å²) in [4.78, 5) is 31.7. The molecule has 7 nitrogen and oxygen atoms in total. The highest BCUT2D eigenvalue weighted by Gasteiger charge is 2.26. The second kappa shape index (κ2) is 11.3. The third-order valence-electron chi connectivity index (χ3n) is 5.86. The van der Waals surface area contributed by atoms with Gasteiger partial charge in [0.1, 0.15) is 5.00 Å². The molecule has 0 atom stereocenters. The number of hydrogen-bond donors (Lipinski definition) is 3. The van der Waals surface area contributed by atoms with Crippen molar-refractivity contribution in [1.82, 2.24) is 20.5 Å². The van der Waals surface area contributed by atoms with Gasteiger partial charge in [-0.25, -0.2) is 4.98 Å². The van der Waals surface area contributed by atoms with Crippen LogP contribution in [0.1, 0.15) is 39.2 Å². The van der Waals surface area contributed by atoms with Crippen LogP contribution >= 0.6 is 34.7 Å². The fourth-order valence-corrected chi connectivity index (χ4v) is 6.13. The van der Waals surface area contributed by atoms with Gasteiger partial charge in [-0.3, -0.25) is 14.7 Å². The summed E-state index contributed by atoms with van der Waals surface area (Å²) in [6.45, 7) is 0.439. The predicted molar refractivity (Wildman–Crippen MR) is 145 cm³/mol. The van der Waals surface area contributed by atoms with Crippen molar-refractivity contribution < 1.29 is 9.59 Å². The van der Waals surface area contributed by atoms with Crippen LogP contribution in [0.25, 0.3) is 11.4 Å². The van der Waals surface area contributed by atoms with E-state index in [4.69, 9.17) is 11.6 Å². The summed E-state index contributed by atoms with van der Waals surface area (Å²) < 4.78 is 0. The molecule has 0 unspecified atom stereocenters. The smallest absolute Gasteiger partial charge is 0.254 e. The average molecular weight is 538 g/mol. The largest absolute Gasteiger partial charge is 0.348 e. The number of carbonyl (C=O) groups excluding carboxylic acids is 2. The van der Waals surface area contributed by atoms with E-state index in [0.29, 0.717) is 33.1 Å². The van der Waals surface area contributed by atoms with Crippen molar-refractivity contribution in [2.45, 2.75) is 37.4 Å². The van der Waals surface area contributed by atoms with Crippen LogP contribution in [0, 0.1) is 0 Å². The average Bonchev–Trinajstić information content (AvgIpc) is 3.52. The number of anilines is 1. The molecule has 3 N–H and O–H groups in total. The lowest BCUT2D eigenvalue weighted by atomic mass is 9.95. The fourth-order valence-electron chi connectivity index (χ4n) is 4.10. The predicted octanol–water partition coefficient (Wildman–Crippen LogP) is 5.73. The zero-order valence-electron chi connectivity index (χ0n) is 19.3. The van der Waals surface area contributed by atoms with Gasteiger partial charge in [0.2, 0.25) is 11.1 Å². The molecule has 184 valence electrons. The topological polar surface area (TPSA) is 99.8 Å². The van der Waals surface area contributed by atoms with Crippen molar-refractivity contribution in [3.8, 4) is 11.4 Å². The zero-order chi connectivity index (χ0) is 24.9. The van der Waals surface area contributed by atoms with Crippen LogP contribution in [0.5, 0.6) is 0 Å². The van der Waals surface area contributed by atoms with Crippen LogP contribution in [-0.4, -0.2) is 32.7 Å². The monoisotopic (exact) mass is 537 g/mol. The number of benzene rings is 2. The summed E-state index contributed by atoms with van der Waals surface area (Å²) in [6.07, 6.45) is 3.94. The highest BCUT2D eigenvalue weighted by atomic mass is 35.5. The molecule has 0 saturated carbocycles. The van der Waals surface area contributed by atoms with Crippen molar-refractivity contribution in [3.63, 3.8) is 0 Å². The quantitative estimate of drug-likeness (QED) is 0.249. The molecule has 2 aromatic heterocycles. The Balaban J connectivity index is 1.24. The number of thiophene rings is 1. The van der Waals surface area contributed by atoms with Gasteiger partial charge in [-0.2, -0.15) is 0 Å². The van der Waals surface area contributed by atoms with Crippen molar-refractivity contribution in [3.05, 3.63) is 81.2 Å². The standard InChI is InChI=1S/C26H24ClN5O2S2/c27-18-12-10-17(11-13-18)23-30-26(32-31-23)35-15-21(33)29-25-22(19-8-4-5-9-20(19)36-25)24(34)28-14-16-6-2-1-3-7-16/h1-3,6-7,10-13H,4-5,8-9,14-15H2,(H,28,34)(H,29,33)(H,30,31,32). The molecule has 0 fully saturated rings. The van der Waals surface area contributed by atoms with Crippen LogP contribution < -0.4 is 10.6 Å². The molecular formula is C26H24ClN5O2S2. The lowest BCUT2D eigenvalue weighted by molar-refractivity contribution is -0.113. The molecule has 1 aliphatic rings. The van der Waals surface area contributed by atoms with E-state index in [1.165, 1.54) is 28.0 Å². The molecule has 4 aromatic rings. The normalized spacial score (nSPS) is 12.7. The Morgan fingerprint density at radius 1 is 1.06 bits per heavy atom. The van der Waals surface area contributed by atoms with Crippen molar-refractivity contribution >= 4 is 51.5 Å². The van der Waals surface area contributed by atoms with Gasteiger partial charge in [0.05, 0.1) is 11.3 Å². The Morgan fingerprint density at radius 2 is 1.83 bits per heavy atom. The molecule has 2 amide bonds. The molecule has 1 aliphatic carbocycles. The number of carbonyl (C=O) groups is 2. The van der Waals surface area contributed by atoms with E-state index in [1.54, 1.807) is 12.1 Å². The summed E-state index contributed by atoms with van der Waals surface area (Å²) in [7, 11) is 0. The first-order chi connectivity index (χ1) is 17.6. The van der Waals surface area contributed by atoms with Crippen molar-refractivity contribution in [1.29, 1.82) is 0 Å². The first-order valence-electron chi connectivity index (χ1n) is 11.6. The van der Waals surface area contributed by atoms with E-state index < -0.39 is 0 Å². The third-order valence-corrected chi connectivity index (χ3v) is 8.17. The molecule has 0 radical (unpaired) electrons. The zero-order valence-corrected chi connectivity index (χ0v) is 21.7. The van der Waals surface area contributed by atoms with E-state index in [-0.39, 0.29) is 17.6 Å². The van der Waals surface area contributed by atoms with Crippen molar-refractivity contribution in [2.24, 2.45) is 0 Å². The number of nitrogens with zero attached hydrogens (tertiary/aromatic N) is 2. The minimum Gasteiger partial charge on any atom is -0.348 e. The van der Waals surface area contributed by atoms with Gasteiger partial charge in [-0.05, 0) is 61.1 Å². The number of hydrogen-bond acceptors (Lipinski definition) is 6. The second-order valence-electron chi connectivity index (χ2n) is 8.39. The number of aryl methyl sites for hydroxylation is 1. The number of halogens is 1. The first kappa shape index (κ1) is 24.5. The number of aromatic nitrogens is 3. The van der Waals surface area contributed by atoms with Gasteiger partial charge in [-0.15, -0.1) is 16.4 Å². The molecule has 36 heavy (non-hydrogen) atoms. The molecule has 2 heterocycles. The molecular weight excluding hydrogens is 514 g/mol. The number of nitrogens with one attached hydrogen (secondary N) is 3. The number of fused-ring (bicyclic) bond motifs is 1. The maximum absolute atomic E-state index is 13.2. The van der Waals surface area contributed by atoms with Gasteiger partial charge in [-0.1, -0.05) is 53.7 Å². The number of rotatable bonds is 8. The molecule has 5 rings (SSSR count). The second-order valence-corrected chi connectivity index (χ2v) is 10.9.